The van der Waals surface area contributed by atoms with Gasteiger partial charge in [0.1, 0.15) is 5.60 Å². The quantitative estimate of drug-likeness (QED) is 0.737. The zero-order valence-electron chi connectivity index (χ0n) is 12.2. The third kappa shape index (κ3) is 5.78. The predicted octanol–water partition coefficient (Wildman–Crippen LogP) is 1.47. The minimum Gasteiger partial charge on any atom is -0.444 e. The first-order valence-corrected chi connectivity index (χ1v) is 8.12. The van der Waals surface area contributed by atoms with Crippen molar-refractivity contribution in [2.75, 3.05) is 26.0 Å². The van der Waals surface area contributed by atoms with Crippen LogP contribution in [0.4, 0.5) is 4.79 Å². The minimum atomic E-state index is -3.44. The van der Waals surface area contributed by atoms with E-state index in [1.807, 2.05) is 27.7 Å². The number of hydrogen-bond donors (Lipinski definition) is 0. The zero-order chi connectivity index (χ0) is 14.8. The van der Waals surface area contributed by atoms with E-state index in [2.05, 4.69) is 0 Å². The summed E-state index contributed by atoms with van der Waals surface area (Å²) in [4.78, 5) is 13.5. The van der Waals surface area contributed by atoms with Gasteiger partial charge in [0.15, 0.2) is 0 Å². The van der Waals surface area contributed by atoms with Gasteiger partial charge in [0, 0.05) is 19.0 Å². The molecule has 0 radical (unpaired) electrons. The molecule has 0 unspecified atom stereocenters. The van der Waals surface area contributed by atoms with Crippen LogP contribution >= 0.6 is 0 Å². The minimum absolute atomic E-state index is 0.0160. The average molecular weight is 293 g/mol. The molecule has 0 aromatic heterocycles. The predicted molar refractivity (Wildman–Crippen MR) is 71.3 cm³/mol. The molecule has 0 aromatic rings. The highest BCUT2D eigenvalue weighted by Gasteiger charge is 2.35. The monoisotopic (exact) mass is 293 g/mol. The zero-order valence-corrected chi connectivity index (χ0v) is 13.0. The highest BCUT2D eigenvalue weighted by molar-refractivity contribution is 7.85. The molecule has 0 aliphatic carbocycles. The Morgan fingerprint density at radius 3 is 2.37 bits per heavy atom. The molecule has 1 rings (SSSR count). The Hall–Kier alpha value is -0.820. The van der Waals surface area contributed by atoms with Gasteiger partial charge in [-0.1, -0.05) is 6.92 Å². The second kappa shape index (κ2) is 5.66. The SMILES string of the molecule is C[C@@H]1CN(C(=O)OC(C)(C)C)C[C@H]1COS(C)(=O)=O. The molecule has 19 heavy (non-hydrogen) atoms. The summed E-state index contributed by atoms with van der Waals surface area (Å²) in [5.74, 6) is 0.205. The van der Waals surface area contributed by atoms with Crippen LogP contribution < -0.4 is 0 Å². The van der Waals surface area contributed by atoms with E-state index in [1.54, 1.807) is 4.90 Å². The van der Waals surface area contributed by atoms with Gasteiger partial charge in [-0.15, -0.1) is 0 Å². The van der Waals surface area contributed by atoms with E-state index in [0.29, 0.717) is 13.1 Å². The van der Waals surface area contributed by atoms with Gasteiger partial charge < -0.3 is 9.64 Å². The van der Waals surface area contributed by atoms with Crippen LogP contribution in [0.15, 0.2) is 0 Å². The van der Waals surface area contributed by atoms with E-state index in [1.165, 1.54) is 0 Å². The van der Waals surface area contributed by atoms with Crippen LogP contribution in [0.3, 0.4) is 0 Å². The van der Waals surface area contributed by atoms with E-state index in [4.69, 9.17) is 8.92 Å². The van der Waals surface area contributed by atoms with Crippen LogP contribution in [0.2, 0.25) is 0 Å². The lowest BCUT2D eigenvalue weighted by atomic mass is 10.00. The summed E-state index contributed by atoms with van der Waals surface area (Å²) >= 11 is 0. The van der Waals surface area contributed by atoms with Crippen LogP contribution in [0, 0.1) is 11.8 Å². The largest absolute Gasteiger partial charge is 0.444 e. The fraction of sp³-hybridized carbons (Fsp3) is 0.917. The fourth-order valence-electron chi connectivity index (χ4n) is 1.94. The maximum absolute atomic E-state index is 11.9. The van der Waals surface area contributed by atoms with Crippen molar-refractivity contribution >= 4 is 16.2 Å². The molecule has 1 fully saturated rings. The molecule has 0 aromatic carbocycles. The van der Waals surface area contributed by atoms with Crippen LogP contribution in [-0.2, 0) is 19.0 Å². The smallest absolute Gasteiger partial charge is 0.410 e. The van der Waals surface area contributed by atoms with Gasteiger partial charge in [-0.25, -0.2) is 4.79 Å². The Balaban J connectivity index is 2.53. The molecule has 1 heterocycles. The molecule has 2 atom stereocenters. The highest BCUT2D eigenvalue weighted by atomic mass is 32.2. The Morgan fingerprint density at radius 2 is 1.89 bits per heavy atom. The van der Waals surface area contributed by atoms with Crippen LogP contribution in [0.1, 0.15) is 27.7 Å². The standard InChI is InChI=1S/C12H23NO5S/c1-9-6-13(11(14)18-12(2,3)4)7-10(9)8-17-19(5,15)16/h9-10H,6-8H2,1-5H3/t9-,10+/m1/s1. The second-order valence-corrected chi connectivity index (χ2v) is 7.76. The van der Waals surface area contributed by atoms with Crippen molar-refractivity contribution in [3.05, 3.63) is 0 Å². The Morgan fingerprint density at radius 1 is 1.32 bits per heavy atom. The number of hydrogen-bond acceptors (Lipinski definition) is 5. The number of ether oxygens (including phenoxy) is 1. The molecule has 0 saturated carbocycles. The molecule has 1 aliphatic heterocycles. The first-order valence-electron chi connectivity index (χ1n) is 6.30. The Labute approximate surface area is 115 Å². The van der Waals surface area contributed by atoms with Gasteiger partial charge in [-0.2, -0.15) is 8.42 Å². The summed E-state index contributed by atoms with van der Waals surface area (Å²) in [5.41, 5.74) is -0.526. The number of amides is 1. The third-order valence-electron chi connectivity index (χ3n) is 2.92. The van der Waals surface area contributed by atoms with Crippen LogP contribution in [0.5, 0.6) is 0 Å². The molecular weight excluding hydrogens is 270 g/mol. The Kier molecular flexibility index (Phi) is 4.84. The maximum atomic E-state index is 11.9. The molecule has 7 heteroatoms. The molecule has 1 aliphatic rings. The maximum Gasteiger partial charge on any atom is 0.410 e. The lowest BCUT2D eigenvalue weighted by molar-refractivity contribution is 0.0282. The molecular formula is C12H23NO5S. The topological polar surface area (TPSA) is 72.9 Å². The van der Waals surface area contributed by atoms with Crippen LogP contribution in [-0.4, -0.2) is 51.0 Å². The van der Waals surface area contributed by atoms with E-state index in [9.17, 15) is 13.2 Å². The van der Waals surface area contributed by atoms with E-state index in [0.717, 1.165) is 6.26 Å². The number of likely N-dealkylation sites (tertiary alicyclic amines) is 1. The van der Waals surface area contributed by atoms with Crippen molar-refractivity contribution in [3.8, 4) is 0 Å². The fourth-order valence-corrected chi connectivity index (χ4v) is 2.36. The molecule has 1 saturated heterocycles. The lowest BCUT2D eigenvalue weighted by Gasteiger charge is -2.24. The summed E-state index contributed by atoms with van der Waals surface area (Å²) in [7, 11) is -3.44. The van der Waals surface area contributed by atoms with Gasteiger partial charge in [-0.05, 0) is 26.7 Å². The molecule has 112 valence electrons. The first-order chi connectivity index (χ1) is 8.48. The van der Waals surface area contributed by atoms with E-state index < -0.39 is 15.7 Å². The van der Waals surface area contributed by atoms with Crippen molar-refractivity contribution in [2.24, 2.45) is 11.8 Å². The summed E-state index contributed by atoms with van der Waals surface area (Å²) < 4.78 is 32.0. The van der Waals surface area contributed by atoms with E-state index >= 15 is 0 Å². The van der Waals surface area contributed by atoms with Crippen LogP contribution in [0.25, 0.3) is 0 Å². The molecule has 6 nitrogen and oxygen atoms in total. The third-order valence-corrected chi connectivity index (χ3v) is 3.48. The van der Waals surface area contributed by atoms with Gasteiger partial charge in [0.05, 0.1) is 12.9 Å². The van der Waals surface area contributed by atoms with Crippen molar-refractivity contribution < 1.29 is 22.1 Å². The average Bonchev–Trinajstić information content (AvgIpc) is 2.53. The van der Waals surface area contributed by atoms with Crippen molar-refractivity contribution in [3.63, 3.8) is 0 Å². The van der Waals surface area contributed by atoms with Gasteiger partial charge in [-0.3, -0.25) is 4.18 Å². The van der Waals surface area contributed by atoms with Gasteiger partial charge >= 0.3 is 6.09 Å². The number of carbonyl (C=O) groups excluding carboxylic acids is 1. The molecule has 1 amide bonds. The van der Waals surface area contributed by atoms with E-state index in [-0.39, 0.29) is 24.5 Å². The van der Waals surface area contributed by atoms with Crippen molar-refractivity contribution in [1.82, 2.24) is 4.90 Å². The first kappa shape index (κ1) is 16.2. The number of rotatable bonds is 3. The Bertz CT molecular complexity index is 426. The van der Waals surface area contributed by atoms with Gasteiger partial charge in [0.25, 0.3) is 10.1 Å². The summed E-state index contributed by atoms with van der Waals surface area (Å²) in [6.45, 7) is 8.55. The van der Waals surface area contributed by atoms with Crippen molar-refractivity contribution in [2.45, 2.75) is 33.3 Å². The summed E-state index contributed by atoms with van der Waals surface area (Å²) in [6.07, 6.45) is 0.666. The molecule has 0 bridgehead atoms. The lowest BCUT2D eigenvalue weighted by Crippen LogP contribution is -2.35. The number of carbonyl (C=O) groups is 1. The normalized spacial score (nSPS) is 24.6. The summed E-state index contributed by atoms with van der Waals surface area (Å²) in [5, 5.41) is 0. The molecule has 0 spiro atoms. The molecule has 0 N–H and O–H groups in total. The second-order valence-electron chi connectivity index (χ2n) is 6.11. The highest BCUT2D eigenvalue weighted by Crippen LogP contribution is 2.25. The van der Waals surface area contributed by atoms with Gasteiger partial charge in [0.2, 0.25) is 0 Å². The van der Waals surface area contributed by atoms with Crippen molar-refractivity contribution in [1.29, 1.82) is 0 Å². The summed E-state index contributed by atoms with van der Waals surface area (Å²) in [6, 6.07) is 0. The number of nitrogens with zero attached hydrogens (tertiary/aromatic N) is 1.